The highest BCUT2D eigenvalue weighted by atomic mass is 127. The highest BCUT2D eigenvalue weighted by molar-refractivity contribution is 14.0. The molecule has 0 aliphatic carbocycles. The largest absolute Gasteiger partial charge is 0.469 e. The minimum Gasteiger partial charge on any atom is -0.469 e. The standard InChI is InChI=1S/C17H29N3O4.HI/c1-7-18-16(19-9-11(2)15(21)23-6)20-10-17(5,22)14-8-12(3)24-13(14)4;/h8,11,22H,7,9-10H2,1-6H3,(H2,18,19,20);1H. The second-order valence-electron chi connectivity index (χ2n) is 6.10. The molecule has 1 aromatic rings. The predicted molar refractivity (Wildman–Crippen MR) is 108 cm³/mol. The minimum absolute atomic E-state index is 0. The molecule has 0 aliphatic heterocycles. The Morgan fingerprint density at radius 2 is 2.08 bits per heavy atom. The number of aryl methyl sites for hydroxylation is 2. The first kappa shape index (κ1) is 23.7. The molecule has 0 amide bonds. The number of methoxy groups -OCH3 is 1. The zero-order chi connectivity index (χ0) is 18.3. The molecule has 0 radical (unpaired) electrons. The summed E-state index contributed by atoms with van der Waals surface area (Å²) in [5.74, 6) is 1.40. The zero-order valence-corrected chi connectivity index (χ0v) is 18.1. The molecule has 7 nitrogen and oxygen atoms in total. The molecule has 1 aromatic heterocycles. The molecule has 0 fully saturated rings. The Morgan fingerprint density at radius 3 is 2.56 bits per heavy atom. The van der Waals surface area contributed by atoms with Crippen LogP contribution in [0.3, 0.4) is 0 Å². The van der Waals surface area contributed by atoms with E-state index in [4.69, 9.17) is 9.15 Å². The van der Waals surface area contributed by atoms with E-state index < -0.39 is 5.60 Å². The number of nitrogens with zero attached hydrogens (tertiary/aromatic N) is 1. The van der Waals surface area contributed by atoms with E-state index in [1.165, 1.54) is 7.11 Å². The molecule has 0 bridgehead atoms. The number of nitrogens with one attached hydrogen (secondary N) is 2. The Balaban J connectivity index is 0.00000576. The van der Waals surface area contributed by atoms with Crippen molar-refractivity contribution in [2.24, 2.45) is 10.9 Å². The highest BCUT2D eigenvalue weighted by Gasteiger charge is 2.27. The topological polar surface area (TPSA) is 96.1 Å². The van der Waals surface area contributed by atoms with Gasteiger partial charge in [-0.25, -0.2) is 4.99 Å². The van der Waals surface area contributed by atoms with Crippen molar-refractivity contribution in [1.82, 2.24) is 10.6 Å². The fraction of sp³-hybridized carbons (Fsp3) is 0.647. The number of rotatable bonds is 7. The van der Waals surface area contributed by atoms with Crippen LogP contribution in [-0.2, 0) is 15.1 Å². The van der Waals surface area contributed by atoms with Gasteiger partial charge in [0.25, 0.3) is 0 Å². The van der Waals surface area contributed by atoms with Crippen LogP contribution in [0.1, 0.15) is 37.9 Å². The van der Waals surface area contributed by atoms with E-state index in [1.807, 2.05) is 26.8 Å². The molecule has 0 spiro atoms. The van der Waals surface area contributed by atoms with Gasteiger partial charge in [0.15, 0.2) is 5.96 Å². The molecule has 2 atom stereocenters. The lowest BCUT2D eigenvalue weighted by Crippen LogP contribution is -2.42. The van der Waals surface area contributed by atoms with E-state index >= 15 is 0 Å². The van der Waals surface area contributed by atoms with Crippen molar-refractivity contribution >= 4 is 35.9 Å². The van der Waals surface area contributed by atoms with Crippen LogP contribution in [0.15, 0.2) is 15.5 Å². The number of ether oxygens (including phenoxy) is 1. The van der Waals surface area contributed by atoms with Gasteiger partial charge in [-0.2, -0.15) is 0 Å². The molecule has 0 aliphatic rings. The summed E-state index contributed by atoms with van der Waals surface area (Å²) in [6.45, 7) is 10.3. The Labute approximate surface area is 166 Å². The van der Waals surface area contributed by atoms with Gasteiger partial charge in [0.05, 0.1) is 19.6 Å². The number of aliphatic imine (C=N–C) groups is 1. The second kappa shape index (κ2) is 10.6. The number of hydrogen-bond acceptors (Lipinski definition) is 5. The predicted octanol–water partition coefficient (Wildman–Crippen LogP) is 2.09. The van der Waals surface area contributed by atoms with Gasteiger partial charge in [-0.3, -0.25) is 4.79 Å². The van der Waals surface area contributed by atoms with Crippen LogP contribution in [0.2, 0.25) is 0 Å². The third kappa shape index (κ3) is 7.23. The fourth-order valence-corrected chi connectivity index (χ4v) is 2.36. The quantitative estimate of drug-likeness (QED) is 0.246. The number of aliphatic hydroxyl groups is 1. The maximum atomic E-state index is 11.5. The number of esters is 1. The summed E-state index contributed by atoms with van der Waals surface area (Å²) in [5.41, 5.74) is -0.416. The third-order valence-electron chi connectivity index (χ3n) is 3.69. The van der Waals surface area contributed by atoms with E-state index in [2.05, 4.69) is 15.6 Å². The molecule has 1 rings (SSSR count). The minimum atomic E-state index is -1.14. The van der Waals surface area contributed by atoms with Gasteiger partial charge in [0, 0.05) is 18.7 Å². The first-order valence-corrected chi connectivity index (χ1v) is 8.11. The van der Waals surface area contributed by atoms with Crippen molar-refractivity contribution in [3.63, 3.8) is 0 Å². The number of carbonyl (C=O) groups is 1. The summed E-state index contributed by atoms with van der Waals surface area (Å²) in [4.78, 5) is 15.9. The molecule has 0 saturated carbocycles. The van der Waals surface area contributed by atoms with Crippen molar-refractivity contribution in [3.05, 3.63) is 23.2 Å². The average molecular weight is 467 g/mol. The normalized spacial score (nSPS) is 14.9. The fourth-order valence-electron chi connectivity index (χ4n) is 2.36. The van der Waals surface area contributed by atoms with Crippen molar-refractivity contribution < 1.29 is 19.1 Å². The Kier molecular flexibility index (Phi) is 10.1. The Morgan fingerprint density at radius 1 is 1.44 bits per heavy atom. The summed E-state index contributed by atoms with van der Waals surface area (Å²) in [6, 6.07) is 1.82. The Hall–Kier alpha value is -1.29. The van der Waals surface area contributed by atoms with E-state index in [9.17, 15) is 9.90 Å². The van der Waals surface area contributed by atoms with Crippen LogP contribution in [-0.4, -0.2) is 43.8 Å². The van der Waals surface area contributed by atoms with Gasteiger partial charge in [0.1, 0.15) is 17.1 Å². The van der Waals surface area contributed by atoms with Crippen LogP contribution in [0.25, 0.3) is 0 Å². The maximum Gasteiger partial charge on any atom is 0.310 e. The number of halogens is 1. The molecule has 2 unspecified atom stereocenters. The molecule has 0 saturated heterocycles. The van der Waals surface area contributed by atoms with E-state index in [0.717, 1.165) is 11.3 Å². The number of hydrogen-bond donors (Lipinski definition) is 3. The molecule has 1 heterocycles. The van der Waals surface area contributed by atoms with Crippen LogP contribution < -0.4 is 10.6 Å². The van der Waals surface area contributed by atoms with Gasteiger partial charge in [-0.1, -0.05) is 6.92 Å². The summed E-state index contributed by atoms with van der Waals surface area (Å²) in [5, 5.41) is 16.9. The van der Waals surface area contributed by atoms with E-state index in [0.29, 0.717) is 24.8 Å². The summed E-state index contributed by atoms with van der Waals surface area (Å²) in [7, 11) is 1.37. The monoisotopic (exact) mass is 467 g/mol. The third-order valence-corrected chi connectivity index (χ3v) is 3.69. The van der Waals surface area contributed by atoms with Gasteiger partial charge < -0.3 is 24.9 Å². The number of carbonyl (C=O) groups excluding carboxylic acids is 1. The van der Waals surface area contributed by atoms with Crippen LogP contribution in [0.5, 0.6) is 0 Å². The molecule has 3 N–H and O–H groups in total. The van der Waals surface area contributed by atoms with Gasteiger partial charge in [-0.05, 0) is 33.8 Å². The summed E-state index contributed by atoms with van der Waals surface area (Å²) >= 11 is 0. The second-order valence-corrected chi connectivity index (χ2v) is 6.10. The molecule has 0 aromatic carbocycles. The molecule has 25 heavy (non-hydrogen) atoms. The van der Waals surface area contributed by atoms with Crippen molar-refractivity contribution in [3.8, 4) is 0 Å². The number of guanidine groups is 1. The van der Waals surface area contributed by atoms with Crippen molar-refractivity contribution in [2.75, 3.05) is 26.7 Å². The van der Waals surface area contributed by atoms with Crippen LogP contribution in [0.4, 0.5) is 0 Å². The van der Waals surface area contributed by atoms with Crippen molar-refractivity contribution in [1.29, 1.82) is 0 Å². The first-order chi connectivity index (χ1) is 11.2. The highest BCUT2D eigenvalue weighted by Crippen LogP contribution is 2.27. The van der Waals surface area contributed by atoms with E-state index in [-0.39, 0.29) is 42.4 Å². The lowest BCUT2D eigenvalue weighted by molar-refractivity contribution is -0.144. The molecule has 144 valence electrons. The lowest BCUT2D eigenvalue weighted by atomic mass is 9.96. The average Bonchev–Trinajstić information content (AvgIpc) is 2.88. The first-order valence-electron chi connectivity index (χ1n) is 8.11. The molecule has 8 heteroatoms. The number of furan rings is 1. The summed E-state index contributed by atoms with van der Waals surface area (Å²) in [6.07, 6.45) is 0. The SMILES string of the molecule is CCNC(=NCC(C)(O)c1cc(C)oc1C)NCC(C)C(=O)OC.I. The molecular formula is C17H30IN3O4. The van der Waals surface area contributed by atoms with Gasteiger partial charge in [0.2, 0.25) is 0 Å². The van der Waals surface area contributed by atoms with Gasteiger partial charge >= 0.3 is 5.97 Å². The van der Waals surface area contributed by atoms with Gasteiger partial charge in [-0.15, -0.1) is 24.0 Å². The van der Waals surface area contributed by atoms with E-state index in [1.54, 1.807) is 13.8 Å². The summed E-state index contributed by atoms with van der Waals surface area (Å²) < 4.78 is 10.2. The Bertz CT molecular complexity index is 584. The van der Waals surface area contributed by atoms with Crippen LogP contribution >= 0.6 is 24.0 Å². The molecular weight excluding hydrogens is 437 g/mol. The van der Waals surface area contributed by atoms with Crippen LogP contribution in [0, 0.1) is 19.8 Å². The maximum absolute atomic E-state index is 11.5. The smallest absolute Gasteiger partial charge is 0.310 e. The zero-order valence-electron chi connectivity index (χ0n) is 15.8. The van der Waals surface area contributed by atoms with Crippen molar-refractivity contribution in [2.45, 2.75) is 40.2 Å². The lowest BCUT2D eigenvalue weighted by Gasteiger charge is -2.22.